The van der Waals surface area contributed by atoms with Crippen molar-refractivity contribution in [3.8, 4) is 0 Å². The van der Waals surface area contributed by atoms with Crippen molar-refractivity contribution in [2.24, 2.45) is 0 Å². The molecule has 2 aromatic carbocycles. The Morgan fingerprint density at radius 3 is 1.96 bits per heavy atom. The van der Waals surface area contributed by atoms with E-state index in [-0.39, 0.29) is 33.6 Å². The third-order valence-electron chi connectivity index (χ3n) is 4.23. The van der Waals surface area contributed by atoms with Gasteiger partial charge in [0.2, 0.25) is 10.0 Å². The van der Waals surface area contributed by atoms with E-state index in [0.29, 0.717) is 13.1 Å². The fourth-order valence-corrected chi connectivity index (χ4v) is 5.37. The van der Waals surface area contributed by atoms with E-state index < -0.39 is 16.0 Å². The van der Waals surface area contributed by atoms with Crippen molar-refractivity contribution in [3.05, 3.63) is 58.1 Å². The molecule has 0 saturated carbocycles. The minimum absolute atomic E-state index is 0.0670. The van der Waals surface area contributed by atoms with Gasteiger partial charge >= 0.3 is 5.97 Å². The monoisotopic (exact) mass is 414 g/mol. The first-order valence-corrected chi connectivity index (χ1v) is 10.0. The third-order valence-corrected chi connectivity index (χ3v) is 7.09. The number of hydrogen-bond donors (Lipinski definition) is 1. The Balaban J connectivity index is 1.75. The molecular formula is C17H16Cl2N2O4S. The van der Waals surface area contributed by atoms with E-state index in [0.717, 1.165) is 5.69 Å². The van der Waals surface area contributed by atoms with Crippen LogP contribution in [0, 0.1) is 0 Å². The summed E-state index contributed by atoms with van der Waals surface area (Å²) in [5.41, 5.74) is 1.06. The number of halogens is 2. The SMILES string of the molecule is O=C(O)c1ccc(N2CCN(S(=O)(=O)c3c(Cl)cccc3Cl)CC2)cc1. The maximum absolute atomic E-state index is 12.9. The molecule has 0 atom stereocenters. The van der Waals surface area contributed by atoms with Gasteiger partial charge in [0, 0.05) is 31.9 Å². The van der Waals surface area contributed by atoms with Gasteiger partial charge in [-0.05, 0) is 36.4 Å². The van der Waals surface area contributed by atoms with E-state index in [9.17, 15) is 13.2 Å². The standard InChI is InChI=1S/C17H16Cl2N2O4S/c18-14-2-1-3-15(19)16(14)26(24,25)21-10-8-20(9-11-21)13-6-4-12(5-7-13)17(22)23/h1-7H,8-11H2,(H,22,23). The summed E-state index contributed by atoms with van der Waals surface area (Å²) in [6.07, 6.45) is 0. The smallest absolute Gasteiger partial charge is 0.335 e. The summed E-state index contributed by atoms with van der Waals surface area (Å²) in [6, 6.07) is 11.1. The summed E-state index contributed by atoms with van der Waals surface area (Å²) >= 11 is 12.1. The van der Waals surface area contributed by atoms with E-state index in [1.165, 1.54) is 28.6 Å². The van der Waals surface area contributed by atoms with Crippen LogP contribution in [0.4, 0.5) is 5.69 Å². The highest BCUT2D eigenvalue weighted by Crippen LogP contribution is 2.32. The summed E-state index contributed by atoms with van der Waals surface area (Å²) in [7, 11) is -3.78. The Kier molecular flexibility index (Phi) is 5.43. The number of carbonyl (C=O) groups is 1. The molecule has 1 fully saturated rings. The second-order valence-electron chi connectivity index (χ2n) is 5.79. The molecule has 1 saturated heterocycles. The molecule has 3 rings (SSSR count). The molecule has 0 amide bonds. The normalized spacial score (nSPS) is 15.8. The minimum Gasteiger partial charge on any atom is -0.478 e. The molecule has 26 heavy (non-hydrogen) atoms. The quantitative estimate of drug-likeness (QED) is 0.830. The molecule has 1 heterocycles. The lowest BCUT2D eigenvalue weighted by molar-refractivity contribution is 0.0697. The van der Waals surface area contributed by atoms with Crippen molar-refractivity contribution in [2.75, 3.05) is 31.1 Å². The van der Waals surface area contributed by atoms with Gasteiger partial charge in [-0.25, -0.2) is 13.2 Å². The number of benzene rings is 2. The van der Waals surface area contributed by atoms with Gasteiger partial charge in [0.1, 0.15) is 4.90 Å². The van der Waals surface area contributed by atoms with Crippen molar-refractivity contribution in [3.63, 3.8) is 0 Å². The highest BCUT2D eigenvalue weighted by atomic mass is 35.5. The predicted octanol–water partition coefficient (Wildman–Crippen LogP) is 3.20. The summed E-state index contributed by atoms with van der Waals surface area (Å²) in [6.45, 7) is 1.52. The van der Waals surface area contributed by atoms with E-state index in [1.54, 1.807) is 18.2 Å². The number of anilines is 1. The first-order valence-electron chi connectivity index (χ1n) is 7.83. The number of carboxylic acids is 1. The molecule has 0 aromatic heterocycles. The topological polar surface area (TPSA) is 77.9 Å². The maximum Gasteiger partial charge on any atom is 0.335 e. The molecule has 1 N–H and O–H groups in total. The number of piperazine rings is 1. The lowest BCUT2D eigenvalue weighted by Gasteiger charge is -2.35. The van der Waals surface area contributed by atoms with Gasteiger partial charge in [-0.1, -0.05) is 29.3 Å². The first kappa shape index (κ1) is 19.0. The lowest BCUT2D eigenvalue weighted by atomic mass is 10.2. The molecule has 0 aliphatic carbocycles. The maximum atomic E-state index is 12.9. The zero-order valence-corrected chi connectivity index (χ0v) is 15.9. The Labute approximate surface area is 161 Å². The minimum atomic E-state index is -3.78. The van der Waals surface area contributed by atoms with Crippen LogP contribution in [0.15, 0.2) is 47.4 Å². The van der Waals surface area contributed by atoms with Crippen LogP contribution in [-0.2, 0) is 10.0 Å². The Hall–Kier alpha value is -1.80. The number of aromatic carboxylic acids is 1. The van der Waals surface area contributed by atoms with Crippen molar-refractivity contribution < 1.29 is 18.3 Å². The molecule has 2 aromatic rings. The molecule has 0 unspecified atom stereocenters. The number of hydrogen-bond acceptors (Lipinski definition) is 4. The Morgan fingerprint density at radius 1 is 0.923 bits per heavy atom. The predicted molar refractivity (Wildman–Crippen MR) is 101 cm³/mol. The highest BCUT2D eigenvalue weighted by molar-refractivity contribution is 7.89. The van der Waals surface area contributed by atoms with Crippen LogP contribution >= 0.6 is 23.2 Å². The van der Waals surface area contributed by atoms with Crippen LogP contribution in [0.25, 0.3) is 0 Å². The van der Waals surface area contributed by atoms with Crippen LogP contribution in [-0.4, -0.2) is 50.0 Å². The average molecular weight is 415 g/mol. The van der Waals surface area contributed by atoms with Crippen LogP contribution in [0.1, 0.15) is 10.4 Å². The summed E-state index contributed by atoms with van der Waals surface area (Å²) in [5.74, 6) is -0.982. The molecule has 0 radical (unpaired) electrons. The van der Waals surface area contributed by atoms with Crippen LogP contribution < -0.4 is 4.90 Å². The average Bonchev–Trinajstić information content (AvgIpc) is 2.61. The number of carboxylic acid groups (broad SMARTS) is 1. The summed E-state index contributed by atoms with van der Waals surface area (Å²) in [5, 5.41) is 9.16. The van der Waals surface area contributed by atoms with Crippen molar-refractivity contribution >= 4 is 44.9 Å². The molecule has 0 bridgehead atoms. The van der Waals surface area contributed by atoms with Crippen molar-refractivity contribution in [2.45, 2.75) is 4.90 Å². The van der Waals surface area contributed by atoms with Crippen molar-refractivity contribution in [1.82, 2.24) is 4.31 Å². The molecule has 1 aliphatic rings. The van der Waals surface area contributed by atoms with Crippen LogP contribution in [0.3, 0.4) is 0 Å². The zero-order valence-electron chi connectivity index (χ0n) is 13.6. The van der Waals surface area contributed by atoms with Gasteiger partial charge < -0.3 is 10.0 Å². The van der Waals surface area contributed by atoms with Gasteiger partial charge in [-0.15, -0.1) is 0 Å². The second kappa shape index (κ2) is 7.44. The zero-order chi connectivity index (χ0) is 18.9. The largest absolute Gasteiger partial charge is 0.478 e. The summed E-state index contributed by atoms with van der Waals surface area (Å²) < 4.78 is 27.1. The molecule has 138 valence electrons. The third kappa shape index (κ3) is 3.66. The van der Waals surface area contributed by atoms with Gasteiger partial charge in [0.15, 0.2) is 0 Å². The van der Waals surface area contributed by atoms with Gasteiger partial charge in [0.05, 0.1) is 15.6 Å². The van der Waals surface area contributed by atoms with E-state index >= 15 is 0 Å². The van der Waals surface area contributed by atoms with E-state index in [4.69, 9.17) is 28.3 Å². The molecule has 1 aliphatic heterocycles. The molecular weight excluding hydrogens is 399 g/mol. The first-order chi connectivity index (χ1) is 12.3. The van der Waals surface area contributed by atoms with E-state index in [1.807, 2.05) is 4.90 Å². The number of nitrogens with zero attached hydrogens (tertiary/aromatic N) is 2. The second-order valence-corrected chi connectivity index (χ2v) is 8.48. The fraction of sp³-hybridized carbons (Fsp3) is 0.235. The molecule has 0 spiro atoms. The Bertz CT molecular complexity index is 904. The van der Waals surface area contributed by atoms with Crippen molar-refractivity contribution in [1.29, 1.82) is 0 Å². The molecule has 9 heteroatoms. The summed E-state index contributed by atoms with van der Waals surface area (Å²) in [4.78, 5) is 12.9. The van der Waals surface area contributed by atoms with Gasteiger partial charge in [-0.3, -0.25) is 0 Å². The fourth-order valence-electron chi connectivity index (χ4n) is 2.86. The van der Waals surface area contributed by atoms with Gasteiger partial charge in [-0.2, -0.15) is 4.31 Å². The molecule has 6 nitrogen and oxygen atoms in total. The van der Waals surface area contributed by atoms with Gasteiger partial charge in [0.25, 0.3) is 0 Å². The highest BCUT2D eigenvalue weighted by Gasteiger charge is 2.31. The Morgan fingerprint density at radius 2 is 1.46 bits per heavy atom. The lowest BCUT2D eigenvalue weighted by Crippen LogP contribution is -2.48. The van der Waals surface area contributed by atoms with Crippen LogP contribution in [0.2, 0.25) is 10.0 Å². The van der Waals surface area contributed by atoms with Crippen LogP contribution in [0.5, 0.6) is 0 Å². The number of rotatable bonds is 4. The number of sulfonamides is 1. The van der Waals surface area contributed by atoms with E-state index in [2.05, 4.69) is 0 Å².